The Morgan fingerprint density at radius 1 is 1.19 bits per heavy atom. The van der Waals surface area contributed by atoms with Crippen LogP contribution in [-0.4, -0.2) is 29.0 Å². The Kier molecular flexibility index (Phi) is 5.55. The third kappa shape index (κ3) is 4.21. The summed E-state index contributed by atoms with van der Waals surface area (Å²) < 4.78 is 0. The fourth-order valence-electron chi connectivity index (χ4n) is 3.32. The second kappa shape index (κ2) is 7.85. The van der Waals surface area contributed by atoms with E-state index in [4.69, 9.17) is 0 Å². The molecule has 2 aromatic rings. The molecule has 2 heterocycles. The van der Waals surface area contributed by atoms with Crippen molar-refractivity contribution in [3.05, 3.63) is 47.3 Å². The topological polar surface area (TPSA) is 58.1 Å². The molecule has 0 radical (unpaired) electrons. The van der Waals surface area contributed by atoms with E-state index in [1.54, 1.807) is 6.07 Å². The molecule has 1 aliphatic rings. The molecule has 26 heavy (non-hydrogen) atoms. The minimum absolute atomic E-state index is 0.185. The lowest BCUT2D eigenvalue weighted by Crippen LogP contribution is -2.34. The van der Waals surface area contributed by atoms with Gasteiger partial charge in [0.25, 0.3) is 5.91 Å². The van der Waals surface area contributed by atoms with Crippen molar-refractivity contribution in [2.75, 3.05) is 23.3 Å². The van der Waals surface area contributed by atoms with E-state index in [1.165, 1.54) is 0 Å². The van der Waals surface area contributed by atoms with Crippen LogP contribution in [0.4, 0.5) is 11.6 Å². The number of aromatic nitrogens is 2. The molecule has 3 rings (SSSR count). The van der Waals surface area contributed by atoms with Crippen LogP contribution in [0.3, 0.4) is 0 Å². The van der Waals surface area contributed by atoms with Crippen molar-refractivity contribution in [3.8, 4) is 0 Å². The molecule has 0 spiro atoms. The first-order valence-electron chi connectivity index (χ1n) is 9.45. The monoisotopic (exact) mass is 352 g/mol. The highest BCUT2D eigenvalue weighted by Crippen LogP contribution is 2.25. The molecule has 1 saturated heterocycles. The lowest BCUT2D eigenvalue weighted by Gasteiger charge is -2.30. The first kappa shape index (κ1) is 18.4. The van der Waals surface area contributed by atoms with Crippen molar-refractivity contribution >= 4 is 17.5 Å². The summed E-state index contributed by atoms with van der Waals surface area (Å²) in [5.41, 5.74) is 3.20. The highest BCUT2D eigenvalue weighted by molar-refractivity contribution is 6.03. The fourth-order valence-corrected chi connectivity index (χ4v) is 3.32. The van der Waals surface area contributed by atoms with Crippen molar-refractivity contribution < 1.29 is 4.79 Å². The number of carbonyl (C=O) groups is 1. The maximum Gasteiger partial charge on any atom is 0.274 e. The van der Waals surface area contributed by atoms with Crippen molar-refractivity contribution in [3.63, 3.8) is 0 Å². The predicted molar refractivity (Wildman–Crippen MR) is 106 cm³/mol. The molecule has 1 aliphatic heterocycles. The van der Waals surface area contributed by atoms with E-state index < -0.39 is 0 Å². The van der Waals surface area contributed by atoms with Crippen molar-refractivity contribution in [1.82, 2.24) is 9.97 Å². The van der Waals surface area contributed by atoms with Gasteiger partial charge in [-0.25, -0.2) is 9.97 Å². The van der Waals surface area contributed by atoms with E-state index >= 15 is 0 Å². The highest BCUT2D eigenvalue weighted by Gasteiger charge is 2.20. The zero-order valence-corrected chi connectivity index (χ0v) is 16.1. The van der Waals surface area contributed by atoms with Gasteiger partial charge in [0.2, 0.25) is 5.95 Å². The molecule has 1 N–H and O–H groups in total. The molecule has 0 atom stereocenters. The number of rotatable bonds is 4. The quantitative estimate of drug-likeness (QED) is 0.886. The zero-order chi connectivity index (χ0) is 18.7. The van der Waals surface area contributed by atoms with Gasteiger partial charge >= 0.3 is 0 Å². The number of carbonyl (C=O) groups excluding carboxylic acids is 1. The first-order chi connectivity index (χ1) is 12.4. The summed E-state index contributed by atoms with van der Waals surface area (Å²) in [6.45, 7) is 10.3. The minimum atomic E-state index is -0.185. The number of piperidine rings is 1. The Morgan fingerprint density at radius 2 is 1.88 bits per heavy atom. The summed E-state index contributed by atoms with van der Waals surface area (Å²) in [6, 6.07) is 9.67. The number of anilines is 2. The van der Waals surface area contributed by atoms with Crippen LogP contribution in [-0.2, 0) is 0 Å². The summed E-state index contributed by atoms with van der Waals surface area (Å²) in [5, 5.41) is 3.02. The fraction of sp³-hybridized carbons (Fsp3) is 0.476. The van der Waals surface area contributed by atoms with Crippen LogP contribution in [0.2, 0.25) is 0 Å². The smallest absolute Gasteiger partial charge is 0.274 e. The number of para-hydroxylation sites is 1. The van der Waals surface area contributed by atoms with Gasteiger partial charge in [-0.3, -0.25) is 4.79 Å². The molecular weight excluding hydrogens is 324 g/mol. The van der Waals surface area contributed by atoms with Crippen LogP contribution in [0.1, 0.15) is 61.3 Å². The van der Waals surface area contributed by atoms with E-state index in [0.29, 0.717) is 17.6 Å². The number of hydrogen-bond donors (Lipinski definition) is 1. The summed E-state index contributed by atoms with van der Waals surface area (Å²) in [7, 11) is 0. The molecule has 0 aliphatic carbocycles. The second-order valence-corrected chi connectivity index (χ2v) is 7.56. The van der Waals surface area contributed by atoms with Crippen LogP contribution in [0.15, 0.2) is 30.3 Å². The van der Waals surface area contributed by atoms with E-state index in [2.05, 4.69) is 41.0 Å². The number of benzene rings is 1. The molecule has 1 amide bonds. The molecule has 1 aromatic heterocycles. The van der Waals surface area contributed by atoms with E-state index in [0.717, 1.165) is 48.8 Å². The van der Waals surface area contributed by atoms with Gasteiger partial charge in [0.05, 0.1) is 0 Å². The number of hydrogen-bond acceptors (Lipinski definition) is 4. The van der Waals surface area contributed by atoms with Crippen LogP contribution in [0.5, 0.6) is 0 Å². The third-order valence-electron chi connectivity index (χ3n) is 4.97. The Labute approximate surface area is 155 Å². The van der Waals surface area contributed by atoms with Crippen molar-refractivity contribution in [1.29, 1.82) is 0 Å². The average molecular weight is 352 g/mol. The van der Waals surface area contributed by atoms with Gasteiger partial charge in [0.15, 0.2) is 0 Å². The lowest BCUT2D eigenvalue weighted by molar-refractivity contribution is 0.102. The van der Waals surface area contributed by atoms with E-state index in [1.807, 2.05) is 31.2 Å². The maximum atomic E-state index is 12.8. The van der Waals surface area contributed by atoms with Gasteiger partial charge in [-0.05, 0) is 49.3 Å². The van der Waals surface area contributed by atoms with Gasteiger partial charge in [0.1, 0.15) is 5.69 Å². The normalized spacial score (nSPS) is 15.3. The summed E-state index contributed by atoms with van der Waals surface area (Å²) in [5.74, 6) is 1.56. The SMILES string of the molecule is Cc1cc(C(=O)Nc2ccccc2C(C)C)nc(N2CCC(C)CC2)n1. The third-order valence-corrected chi connectivity index (χ3v) is 4.97. The molecule has 0 unspecified atom stereocenters. The van der Waals surface area contributed by atoms with Crippen molar-refractivity contribution in [2.45, 2.75) is 46.5 Å². The lowest BCUT2D eigenvalue weighted by atomic mass is 10.00. The number of aryl methyl sites for hydroxylation is 1. The largest absolute Gasteiger partial charge is 0.341 e. The Morgan fingerprint density at radius 3 is 2.58 bits per heavy atom. The molecular formula is C21H28N4O. The Bertz CT molecular complexity index is 779. The molecule has 138 valence electrons. The Hall–Kier alpha value is -2.43. The average Bonchev–Trinajstić information content (AvgIpc) is 2.62. The van der Waals surface area contributed by atoms with Gasteiger partial charge < -0.3 is 10.2 Å². The van der Waals surface area contributed by atoms with Crippen LogP contribution < -0.4 is 10.2 Å². The number of nitrogens with zero attached hydrogens (tertiary/aromatic N) is 3. The number of nitrogens with one attached hydrogen (secondary N) is 1. The zero-order valence-electron chi connectivity index (χ0n) is 16.1. The van der Waals surface area contributed by atoms with Gasteiger partial charge in [-0.15, -0.1) is 0 Å². The van der Waals surface area contributed by atoms with E-state index in [9.17, 15) is 4.79 Å². The molecule has 1 fully saturated rings. The summed E-state index contributed by atoms with van der Waals surface area (Å²) >= 11 is 0. The summed E-state index contributed by atoms with van der Waals surface area (Å²) in [4.78, 5) is 24.1. The van der Waals surface area contributed by atoms with Gasteiger partial charge in [0, 0.05) is 24.5 Å². The molecule has 5 nitrogen and oxygen atoms in total. The highest BCUT2D eigenvalue weighted by atomic mass is 16.1. The molecule has 0 saturated carbocycles. The van der Waals surface area contributed by atoms with Crippen molar-refractivity contribution in [2.24, 2.45) is 5.92 Å². The van der Waals surface area contributed by atoms with E-state index in [-0.39, 0.29) is 5.91 Å². The van der Waals surface area contributed by atoms with Gasteiger partial charge in [-0.1, -0.05) is 39.0 Å². The first-order valence-corrected chi connectivity index (χ1v) is 9.45. The minimum Gasteiger partial charge on any atom is -0.341 e. The maximum absolute atomic E-state index is 12.8. The summed E-state index contributed by atoms with van der Waals surface area (Å²) in [6.07, 6.45) is 2.28. The standard InChI is InChI=1S/C21H28N4O/c1-14(2)17-7-5-6-8-18(17)23-20(26)19-13-16(4)22-21(24-19)25-11-9-15(3)10-12-25/h5-8,13-15H,9-12H2,1-4H3,(H,23,26). The Balaban J connectivity index is 1.82. The molecule has 5 heteroatoms. The number of amides is 1. The predicted octanol–water partition coefficient (Wildman–Crippen LogP) is 4.40. The van der Waals surface area contributed by atoms with Gasteiger partial charge in [-0.2, -0.15) is 0 Å². The second-order valence-electron chi connectivity index (χ2n) is 7.56. The van der Waals surface area contributed by atoms with Crippen LogP contribution in [0.25, 0.3) is 0 Å². The van der Waals surface area contributed by atoms with Crippen LogP contribution in [0, 0.1) is 12.8 Å². The van der Waals surface area contributed by atoms with Crippen LogP contribution >= 0.6 is 0 Å². The molecule has 0 bridgehead atoms. The molecule has 1 aromatic carbocycles.